The normalized spacial score (nSPS) is 24.5. The number of hydrogen-bond donors (Lipinski definition) is 0. The van der Waals surface area contributed by atoms with Crippen LogP contribution in [-0.2, 0) is 4.79 Å². The average Bonchev–Trinajstić information content (AvgIpc) is 2.54. The maximum atomic E-state index is 12.7. The van der Waals surface area contributed by atoms with E-state index in [4.69, 9.17) is 4.74 Å². The van der Waals surface area contributed by atoms with Crippen LogP contribution in [0.2, 0.25) is 0 Å². The van der Waals surface area contributed by atoms with Crippen LogP contribution in [0, 0.1) is 19.8 Å². The zero-order valence-electron chi connectivity index (χ0n) is 14.0. The molecule has 1 aliphatic heterocycles. The first-order valence-electron chi connectivity index (χ1n) is 8.54. The molecule has 1 saturated heterocycles. The highest BCUT2D eigenvalue weighted by Gasteiger charge is 2.29. The Labute approximate surface area is 137 Å². The Morgan fingerprint density at radius 1 is 1.26 bits per heavy atom. The Hall–Kier alpha value is -1.91. The maximum absolute atomic E-state index is 12.7. The zero-order chi connectivity index (χ0) is 16.2. The van der Waals surface area contributed by atoms with Crippen molar-refractivity contribution in [1.29, 1.82) is 0 Å². The summed E-state index contributed by atoms with van der Waals surface area (Å²) in [7, 11) is 0. The average molecular weight is 315 g/mol. The number of rotatable bonds is 3. The summed E-state index contributed by atoms with van der Waals surface area (Å²) in [6.07, 6.45) is 9.16. The molecule has 2 heterocycles. The molecule has 1 aliphatic carbocycles. The number of hydrogen-bond acceptors (Lipinski definition) is 4. The minimum absolute atomic E-state index is 0.0283. The van der Waals surface area contributed by atoms with Crippen LogP contribution in [-0.4, -0.2) is 40.0 Å². The number of likely N-dealkylation sites (tertiary alicyclic amines) is 1. The first kappa shape index (κ1) is 16.0. The minimum atomic E-state index is 0.0283. The Morgan fingerprint density at radius 2 is 2.13 bits per heavy atom. The van der Waals surface area contributed by atoms with Crippen molar-refractivity contribution in [2.45, 2.75) is 52.1 Å². The van der Waals surface area contributed by atoms with Gasteiger partial charge in [0.15, 0.2) is 0 Å². The molecular weight excluding hydrogens is 290 g/mol. The van der Waals surface area contributed by atoms with Gasteiger partial charge in [-0.1, -0.05) is 12.2 Å². The summed E-state index contributed by atoms with van der Waals surface area (Å²) >= 11 is 0. The summed E-state index contributed by atoms with van der Waals surface area (Å²) < 4.78 is 6.03. The third-order valence-corrected chi connectivity index (χ3v) is 4.54. The fraction of sp³-hybridized carbons (Fsp3) is 0.611. The van der Waals surface area contributed by atoms with Gasteiger partial charge in [0.2, 0.25) is 11.8 Å². The second-order valence-corrected chi connectivity index (χ2v) is 6.54. The number of carbonyl (C=O) groups excluding carboxylic acids is 1. The van der Waals surface area contributed by atoms with Gasteiger partial charge in [-0.3, -0.25) is 4.79 Å². The van der Waals surface area contributed by atoms with Gasteiger partial charge < -0.3 is 9.64 Å². The van der Waals surface area contributed by atoms with Crippen molar-refractivity contribution in [3.63, 3.8) is 0 Å². The molecule has 1 aromatic heterocycles. The van der Waals surface area contributed by atoms with Gasteiger partial charge in [-0.15, -0.1) is 0 Å². The number of aromatic nitrogens is 2. The lowest BCUT2D eigenvalue weighted by molar-refractivity contribution is -0.138. The molecule has 0 N–H and O–H groups in total. The summed E-state index contributed by atoms with van der Waals surface area (Å²) in [4.78, 5) is 23.3. The van der Waals surface area contributed by atoms with Gasteiger partial charge in [0.1, 0.15) is 11.9 Å². The van der Waals surface area contributed by atoms with Crippen molar-refractivity contribution in [2.24, 2.45) is 5.92 Å². The second-order valence-electron chi connectivity index (χ2n) is 6.54. The monoisotopic (exact) mass is 315 g/mol. The van der Waals surface area contributed by atoms with Crippen LogP contribution in [0.25, 0.3) is 0 Å². The van der Waals surface area contributed by atoms with E-state index in [0.29, 0.717) is 12.4 Å². The van der Waals surface area contributed by atoms with Crippen LogP contribution in [0.15, 0.2) is 18.2 Å². The SMILES string of the molecule is Cc1cc(OC2CCCN(C(=O)C3CC=CCC3)C2)nc(C)n1. The molecule has 0 aromatic carbocycles. The zero-order valence-corrected chi connectivity index (χ0v) is 14.0. The highest BCUT2D eigenvalue weighted by atomic mass is 16.5. The molecule has 0 bridgehead atoms. The van der Waals surface area contributed by atoms with Gasteiger partial charge in [-0.25, -0.2) is 4.98 Å². The standard InChI is InChI=1S/C18H25N3O2/c1-13-11-17(20-14(2)19-13)23-16-9-6-10-21(12-16)18(22)15-7-4-3-5-8-15/h3-4,11,15-16H,5-10,12H2,1-2H3. The Balaban J connectivity index is 1.61. The lowest BCUT2D eigenvalue weighted by Gasteiger charge is -2.35. The Kier molecular flexibility index (Phi) is 4.94. The predicted octanol–water partition coefficient (Wildman–Crippen LogP) is 2.82. The summed E-state index contributed by atoms with van der Waals surface area (Å²) in [6, 6.07) is 1.86. The van der Waals surface area contributed by atoms with E-state index in [2.05, 4.69) is 22.1 Å². The van der Waals surface area contributed by atoms with Gasteiger partial charge in [0, 0.05) is 24.2 Å². The van der Waals surface area contributed by atoms with Crippen LogP contribution in [0.4, 0.5) is 0 Å². The fourth-order valence-electron chi connectivity index (χ4n) is 3.42. The molecule has 2 aliphatic rings. The topological polar surface area (TPSA) is 55.3 Å². The lowest BCUT2D eigenvalue weighted by Crippen LogP contribution is -2.46. The number of piperidine rings is 1. The molecule has 1 aromatic rings. The van der Waals surface area contributed by atoms with E-state index in [-0.39, 0.29) is 17.9 Å². The molecule has 3 rings (SSSR count). The molecule has 0 saturated carbocycles. The van der Waals surface area contributed by atoms with Gasteiger partial charge in [0.25, 0.3) is 0 Å². The summed E-state index contributed by atoms with van der Waals surface area (Å²) in [6.45, 7) is 5.32. The van der Waals surface area contributed by atoms with Crippen molar-refractivity contribution in [3.8, 4) is 5.88 Å². The number of carbonyl (C=O) groups is 1. The van der Waals surface area contributed by atoms with Crippen LogP contribution in [0.1, 0.15) is 43.6 Å². The number of aryl methyl sites for hydroxylation is 2. The van der Waals surface area contributed by atoms with Crippen molar-refractivity contribution in [3.05, 3.63) is 29.7 Å². The van der Waals surface area contributed by atoms with E-state index in [1.165, 1.54) is 0 Å². The molecule has 5 heteroatoms. The third-order valence-electron chi connectivity index (χ3n) is 4.54. The van der Waals surface area contributed by atoms with Crippen LogP contribution in [0.3, 0.4) is 0 Å². The Morgan fingerprint density at radius 3 is 2.87 bits per heavy atom. The van der Waals surface area contributed by atoms with E-state index in [1.54, 1.807) is 0 Å². The molecule has 2 unspecified atom stereocenters. The summed E-state index contributed by atoms with van der Waals surface area (Å²) in [5.74, 6) is 1.78. The van der Waals surface area contributed by atoms with Crippen molar-refractivity contribution >= 4 is 5.91 Å². The summed E-state index contributed by atoms with van der Waals surface area (Å²) in [5, 5.41) is 0. The van der Waals surface area contributed by atoms with Crippen LogP contribution < -0.4 is 4.74 Å². The number of allylic oxidation sites excluding steroid dienone is 2. The predicted molar refractivity (Wildman–Crippen MR) is 88.2 cm³/mol. The summed E-state index contributed by atoms with van der Waals surface area (Å²) in [5.41, 5.74) is 0.908. The molecule has 5 nitrogen and oxygen atoms in total. The lowest BCUT2D eigenvalue weighted by atomic mass is 9.92. The molecule has 23 heavy (non-hydrogen) atoms. The Bertz CT molecular complexity index is 580. The molecule has 1 fully saturated rings. The molecule has 0 spiro atoms. The van der Waals surface area contributed by atoms with Crippen molar-refractivity contribution in [2.75, 3.05) is 13.1 Å². The third kappa shape index (κ3) is 4.09. The van der Waals surface area contributed by atoms with Gasteiger partial charge >= 0.3 is 0 Å². The smallest absolute Gasteiger partial charge is 0.226 e. The molecule has 2 atom stereocenters. The van der Waals surface area contributed by atoms with Crippen LogP contribution >= 0.6 is 0 Å². The first-order valence-corrected chi connectivity index (χ1v) is 8.54. The van der Waals surface area contributed by atoms with E-state index in [0.717, 1.165) is 50.2 Å². The van der Waals surface area contributed by atoms with Crippen molar-refractivity contribution in [1.82, 2.24) is 14.9 Å². The number of ether oxygens (including phenoxy) is 1. The van der Waals surface area contributed by atoms with Crippen LogP contribution in [0.5, 0.6) is 5.88 Å². The highest BCUT2D eigenvalue weighted by Crippen LogP contribution is 2.24. The van der Waals surface area contributed by atoms with E-state index >= 15 is 0 Å². The van der Waals surface area contributed by atoms with E-state index in [1.807, 2.05) is 24.8 Å². The molecular formula is C18H25N3O2. The number of amides is 1. The van der Waals surface area contributed by atoms with E-state index in [9.17, 15) is 4.79 Å². The maximum Gasteiger partial charge on any atom is 0.226 e. The van der Waals surface area contributed by atoms with E-state index < -0.39 is 0 Å². The second kappa shape index (κ2) is 7.11. The highest BCUT2D eigenvalue weighted by molar-refractivity contribution is 5.79. The molecule has 1 amide bonds. The minimum Gasteiger partial charge on any atom is -0.472 e. The fourth-order valence-corrected chi connectivity index (χ4v) is 3.42. The first-order chi connectivity index (χ1) is 11.1. The number of nitrogens with zero attached hydrogens (tertiary/aromatic N) is 3. The quantitative estimate of drug-likeness (QED) is 0.805. The van der Waals surface area contributed by atoms with Gasteiger partial charge in [0.05, 0.1) is 6.54 Å². The molecule has 0 radical (unpaired) electrons. The largest absolute Gasteiger partial charge is 0.472 e. The van der Waals surface area contributed by atoms with Gasteiger partial charge in [-0.05, 0) is 46.0 Å². The van der Waals surface area contributed by atoms with Gasteiger partial charge in [-0.2, -0.15) is 4.98 Å². The van der Waals surface area contributed by atoms with Crippen molar-refractivity contribution < 1.29 is 9.53 Å². The molecule has 124 valence electrons.